The van der Waals surface area contributed by atoms with Crippen molar-refractivity contribution in [2.24, 2.45) is 0 Å². The predicted octanol–water partition coefficient (Wildman–Crippen LogP) is 4.42. The summed E-state index contributed by atoms with van der Waals surface area (Å²) in [7, 11) is 0. The highest BCUT2D eigenvalue weighted by Gasteiger charge is 2.19. The zero-order chi connectivity index (χ0) is 18.5. The van der Waals surface area contributed by atoms with Crippen molar-refractivity contribution in [1.29, 1.82) is 0 Å². The zero-order valence-electron chi connectivity index (χ0n) is 15.5. The molecule has 3 rings (SSSR count). The van der Waals surface area contributed by atoms with Crippen LogP contribution in [0.4, 0.5) is 11.4 Å². The van der Waals surface area contributed by atoms with E-state index < -0.39 is 0 Å². The standard InChI is InChI=1S/C21H27N3OS/c1-3-16(2)17-7-9-18(10-8-17)22-21(26)24-13-11-23(12-14-24)19-5-4-6-20(25)15-19/h4-10,15-16,25H,3,11-14H2,1-2H3,(H,22,26)/t16-/m1/s1. The molecule has 138 valence electrons. The monoisotopic (exact) mass is 369 g/mol. The van der Waals surface area contributed by atoms with E-state index in [0.29, 0.717) is 11.7 Å². The predicted molar refractivity (Wildman–Crippen MR) is 113 cm³/mol. The van der Waals surface area contributed by atoms with Gasteiger partial charge in [0.15, 0.2) is 5.11 Å². The summed E-state index contributed by atoms with van der Waals surface area (Å²) in [6.07, 6.45) is 1.15. The van der Waals surface area contributed by atoms with Crippen LogP contribution in [-0.4, -0.2) is 41.3 Å². The van der Waals surface area contributed by atoms with Crippen LogP contribution in [0.25, 0.3) is 0 Å². The molecule has 1 aliphatic heterocycles. The number of phenolic OH excluding ortho intramolecular Hbond substituents is 1. The molecule has 4 nitrogen and oxygen atoms in total. The van der Waals surface area contributed by atoms with Gasteiger partial charge in [0, 0.05) is 43.6 Å². The van der Waals surface area contributed by atoms with Gasteiger partial charge in [0.2, 0.25) is 0 Å². The quantitative estimate of drug-likeness (QED) is 0.781. The first kappa shape index (κ1) is 18.5. The van der Waals surface area contributed by atoms with Crippen LogP contribution < -0.4 is 10.2 Å². The van der Waals surface area contributed by atoms with Gasteiger partial charge in [-0.25, -0.2) is 0 Å². The number of aromatic hydroxyl groups is 1. The topological polar surface area (TPSA) is 38.7 Å². The third-order valence-electron chi connectivity index (χ3n) is 5.11. The average Bonchev–Trinajstić information content (AvgIpc) is 2.68. The van der Waals surface area contributed by atoms with Crippen LogP contribution in [0, 0.1) is 0 Å². The Labute approximate surface area is 161 Å². The molecule has 1 aliphatic rings. The number of phenols is 1. The summed E-state index contributed by atoms with van der Waals surface area (Å²) in [6.45, 7) is 7.97. The van der Waals surface area contributed by atoms with E-state index in [9.17, 15) is 5.11 Å². The second-order valence-electron chi connectivity index (χ2n) is 6.86. The Morgan fingerprint density at radius 3 is 2.42 bits per heavy atom. The first-order chi connectivity index (χ1) is 12.6. The number of nitrogens with one attached hydrogen (secondary N) is 1. The van der Waals surface area contributed by atoms with E-state index in [1.165, 1.54) is 5.56 Å². The molecule has 1 saturated heterocycles. The summed E-state index contributed by atoms with van der Waals surface area (Å²) < 4.78 is 0. The maximum absolute atomic E-state index is 9.65. The third-order valence-corrected chi connectivity index (χ3v) is 5.47. The lowest BCUT2D eigenvalue weighted by molar-refractivity contribution is 0.390. The summed E-state index contributed by atoms with van der Waals surface area (Å²) in [5.74, 6) is 0.893. The number of piperazine rings is 1. The van der Waals surface area contributed by atoms with Gasteiger partial charge in [-0.1, -0.05) is 32.0 Å². The third kappa shape index (κ3) is 4.47. The highest BCUT2D eigenvalue weighted by atomic mass is 32.1. The van der Waals surface area contributed by atoms with Crippen molar-refractivity contribution >= 4 is 28.7 Å². The summed E-state index contributed by atoms with van der Waals surface area (Å²) in [6, 6.07) is 16.0. The van der Waals surface area contributed by atoms with E-state index in [4.69, 9.17) is 12.2 Å². The number of nitrogens with zero attached hydrogens (tertiary/aromatic N) is 2. The molecular formula is C21H27N3OS. The lowest BCUT2D eigenvalue weighted by atomic mass is 9.99. The molecule has 0 unspecified atom stereocenters. The molecule has 0 bridgehead atoms. The minimum absolute atomic E-state index is 0.308. The fourth-order valence-corrected chi connectivity index (χ4v) is 3.49. The fraction of sp³-hybridized carbons (Fsp3) is 0.381. The van der Waals surface area contributed by atoms with Crippen molar-refractivity contribution in [2.45, 2.75) is 26.2 Å². The van der Waals surface area contributed by atoms with Gasteiger partial charge in [-0.15, -0.1) is 0 Å². The summed E-state index contributed by atoms with van der Waals surface area (Å²) in [5, 5.41) is 13.8. The SMILES string of the molecule is CC[C@@H](C)c1ccc(NC(=S)N2CCN(c3cccc(O)c3)CC2)cc1. The molecule has 0 spiro atoms. The highest BCUT2D eigenvalue weighted by Crippen LogP contribution is 2.22. The fourth-order valence-electron chi connectivity index (χ4n) is 3.19. The number of hydrogen-bond acceptors (Lipinski definition) is 3. The van der Waals surface area contributed by atoms with Gasteiger partial charge in [0.1, 0.15) is 5.75 Å². The van der Waals surface area contributed by atoms with Crippen molar-refractivity contribution in [3.05, 3.63) is 54.1 Å². The molecule has 1 atom stereocenters. The molecule has 2 aromatic carbocycles. The average molecular weight is 370 g/mol. The van der Waals surface area contributed by atoms with Crippen LogP contribution in [-0.2, 0) is 0 Å². The molecule has 0 aliphatic carbocycles. The number of thiocarbonyl (C=S) groups is 1. The lowest BCUT2D eigenvalue weighted by Crippen LogP contribution is -2.50. The van der Waals surface area contributed by atoms with Gasteiger partial charge in [-0.05, 0) is 54.4 Å². The number of anilines is 2. The second kappa shape index (κ2) is 8.41. The van der Waals surface area contributed by atoms with Crippen molar-refractivity contribution in [1.82, 2.24) is 4.90 Å². The van der Waals surface area contributed by atoms with Gasteiger partial charge >= 0.3 is 0 Å². The van der Waals surface area contributed by atoms with Crippen LogP contribution in [0.3, 0.4) is 0 Å². The minimum Gasteiger partial charge on any atom is -0.508 e. The van der Waals surface area contributed by atoms with E-state index in [1.807, 2.05) is 18.2 Å². The maximum Gasteiger partial charge on any atom is 0.173 e. The Morgan fingerprint density at radius 1 is 1.12 bits per heavy atom. The van der Waals surface area contributed by atoms with Gasteiger partial charge in [-0.3, -0.25) is 0 Å². The van der Waals surface area contributed by atoms with Crippen LogP contribution in [0.5, 0.6) is 5.75 Å². The molecule has 2 aromatic rings. The Balaban J connectivity index is 1.53. The molecule has 0 aromatic heterocycles. The Hall–Kier alpha value is -2.27. The molecule has 0 amide bonds. The van der Waals surface area contributed by atoms with Gasteiger partial charge in [0.05, 0.1) is 0 Å². The summed E-state index contributed by atoms with van der Waals surface area (Å²) in [5.41, 5.74) is 3.46. The van der Waals surface area contributed by atoms with E-state index in [1.54, 1.807) is 6.07 Å². The lowest BCUT2D eigenvalue weighted by Gasteiger charge is -2.37. The molecular weight excluding hydrogens is 342 g/mol. The first-order valence-corrected chi connectivity index (χ1v) is 9.67. The Morgan fingerprint density at radius 2 is 1.81 bits per heavy atom. The molecule has 0 radical (unpaired) electrons. The Bertz CT molecular complexity index is 739. The van der Waals surface area contributed by atoms with Crippen LogP contribution in [0.2, 0.25) is 0 Å². The van der Waals surface area contributed by atoms with E-state index >= 15 is 0 Å². The van der Waals surface area contributed by atoms with Crippen molar-refractivity contribution in [3.63, 3.8) is 0 Å². The molecule has 1 fully saturated rings. The smallest absolute Gasteiger partial charge is 0.173 e. The molecule has 2 N–H and O–H groups in total. The number of hydrogen-bond donors (Lipinski definition) is 2. The molecule has 5 heteroatoms. The maximum atomic E-state index is 9.65. The zero-order valence-corrected chi connectivity index (χ0v) is 16.3. The summed E-state index contributed by atoms with van der Waals surface area (Å²) in [4.78, 5) is 4.48. The first-order valence-electron chi connectivity index (χ1n) is 9.26. The van der Waals surface area contributed by atoms with Crippen LogP contribution in [0.15, 0.2) is 48.5 Å². The Kier molecular flexibility index (Phi) is 5.99. The van der Waals surface area contributed by atoms with Crippen molar-refractivity contribution < 1.29 is 5.11 Å². The van der Waals surface area contributed by atoms with Crippen LogP contribution >= 0.6 is 12.2 Å². The van der Waals surface area contributed by atoms with Crippen molar-refractivity contribution in [3.8, 4) is 5.75 Å². The van der Waals surface area contributed by atoms with Gasteiger partial charge < -0.3 is 20.2 Å². The molecule has 1 heterocycles. The second-order valence-corrected chi connectivity index (χ2v) is 7.24. The van der Waals surface area contributed by atoms with E-state index in [0.717, 1.165) is 49.1 Å². The minimum atomic E-state index is 0.308. The van der Waals surface area contributed by atoms with E-state index in [-0.39, 0.29) is 0 Å². The van der Waals surface area contributed by atoms with Crippen LogP contribution in [0.1, 0.15) is 31.7 Å². The normalized spacial score (nSPS) is 15.6. The summed E-state index contributed by atoms with van der Waals surface area (Å²) >= 11 is 5.60. The highest BCUT2D eigenvalue weighted by molar-refractivity contribution is 7.80. The number of benzene rings is 2. The van der Waals surface area contributed by atoms with Crippen molar-refractivity contribution in [2.75, 3.05) is 36.4 Å². The molecule has 0 saturated carbocycles. The van der Waals surface area contributed by atoms with Gasteiger partial charge in [-0.2, -0.15) is 0 Å². The van der Waals surface area contributed by atoms with E-state index in [2.05, 4.69) is 53.2 Å². The number of rotatable bonds is 4. The largest absolute Gasteiger partial charge is 0.508 e. The van der Waals surface area contributed by atoms with Gasteiger partial charge in [0.25, 0.3) is 0 Å². The molecule has 26 heavy (non-hydrogen) atoms.